The Balaban J connectivity index is 0.000000236. The average molecular weight is 141 g/mol. The number of rotatable bonds is 0. The summed E-state index contributed by atoms with van der Waals surface area (Å²) in [5.41, 5.74) is 0. The van der Waals surface area contributed by atoms with Crippen molar-refractivity contribution in [2.24, 2.45) is 0 Å². The zero-order chi connectivity index (χ0) is 7.82. The number of hydrogen-bond acceptors (Lipinski definition) is 2. The van der Waals surface area contributed by atoms with E-state index in [1.807, 2.05) is 6.08 Å². The van der Waals surface area contributed by atoms with E-state index >= 15 is 0 Å². The van der Waals surface area contributed by atoms with Gasteiger partial charge in [0.1, 0.15) is 0 Å². The lowest BCUT2D eigenvalue weighted by atomic mass is 10.4. The van der Waals surface area contributed by atoms with E-state index < -0.39 is 0 Å². The minimum atomic E-state index is -0.250. The van der Waals surface area contributed by atoms with Gasteiger partial charge in [-0.2, -0.15) is 0 Å². The fourth-order valence-corrected chi connectivity index (χ4v) is 0.563. The Kier molecular flexibility index (Phi) is 5.14. The van der Waals surface area contributed by atoms with Gasteiger partial charge in [-0.25, -0.2) is 0 Å². The molecule has 0 unspecified atom stereocenters. The molecule has 0 aliphatic carbocycles. The lowest BCUT2D eigenvalue weighted by Crippen LogP contribution is -2.11. The topological polar surface area (TPSA) is 40.5 Å². The summed E-state index contributed by atoms with van der Waals surface area (Å²) in [5.74, 6) is 0. The third kappa shape index (κ3) is 4.90. The van der Waals surface area contributed by atoms with Gasteiger partial charge in [0.25, 0.3) is 6.47 Å². The van der Waals surface area contributed by atoms with E-state index in [4.69, 9.17) is 9.90 Å². The second-order valence-electron chi connectivity index (χ2n) is 1.81. The molecule has 1 rings (SSSR count). The van der Waals surface area contributed by atoms with Gasteiger partial charge in [0.2, 0.25) is 0 Å². The minimum absolute atomic E-state index is 0.250. The highest BCUT2D eigenvalue weighted by Crippen LogP contribution is 1.91. The van der Waals surface area contributed by atoms with Crippen LogP contribution in [0.5, 0.6) is 0 Å². The molecular weight excluding hydrogens is 130 g/mol. The largest absolute Gasteiger partial charge is 0.483 e. The van der Waals surface area contributed by atoms with Crippen LogP contribution in [0.2, 0.25) is 0 Å². The predicted molar refractivity (Wildman–Crippen MR) is 39.6 cm³/mol. The van der Waals surface area contributed by atoms with E-state index in [0.717, 1.165) is 6.54 Å². The second-order valence-corrected chi connectivity index (χ2v) is 1.81. The number of allylic oxidation sites excluding steroid dienone is 2. The zero-order valence-corrected chi connectivity index (χ0v) is 5.90. The van der Waals surface area contributed by atoms with E-state index in [-0.39, 0.29) is 6.47 Å². The van der Waals surface area contributed by atoms with Gasteiger partial charge in [0, 0.05) is 13.6 Å². The molecule has 0 radical (unpaired) electrons. The van der Waals surface area contributed by atoms with Gasteiger partial charge in [-0.1, -0.05) is 12.2 Å². The number of carbonyl (C=O) groups is 1. The van der Waals surface area contributed by atoms with Gasteiger partial charge in [-0.3, -0.25) is 4.79 Å². The molecular formula is C7H11NO2. The maximum Gasteiger partial charge on any atom is 0.290 e. The molecule has 1 N–H and O–H groups in total. The Hall–Kier alpha value is -1.25. The summed E-state index contributed by atoms with van der Waals surface area (Å²) in [6, 6.07) is 0. The predicted octanol–water partition coefficient (Wildman–Crippen LogP) is 0.702. The summed E-state index contributed by atoms with van der Waals surface area (Å²) >= 11 is 0. The molecule has 10 heavy (non-hydrogen) atoms. The molecule has 56 valence electrons. The van der Waals surface area contributed by atoms with Gasteiger partial charge < -0.3 is 10.0 Å². The molecule has 1 aliphatic rings. The van der Waals surface area contributed by atoms with E-state index in [1.165, 1.54) is 0 Å². The molecule has 1 aliphatic heterocycles. The van der Waals surface area contributed by atoms with Crippen molar-refractivity contribution in [2.45, 2.75) is 0 Å². The van der Waals surface area contributed by atoms with Gasteiger partial charge in [-0.05, 0) is 12.3 Å². The number of carboxylic acid groups (broad SMARTS) is 1. The molecule has 0 aromatic heterocycles. The first-order valence-electron chi connectivity index (χ1n) is 2.92. The number of hydrogen-bond donors (Lipinski definition) is 1. The SMILES string of the molecule is CN1C=CC=CC1.O=CO. The normalized spacial score (nSPS) is 13.9. The Morgan fingerprint density at radius 1 is 1.60 bits per heavy atom. The van der Waals surface area contributed by atoms with E-state index in [0.29, 0.717) is 0 Å². The van der Waals surface area contributed by atoms with Crippen molar-refractivity contribution in [1.29, 1.82) is 0 Å². The molecule has 0 bridgehead atoms. The van der Waals surface area contributed by atoms with Crippen LogP contribution in [0.4, 0.5) is 0 Å². The minimum Gasteiger partial charge on any atom is -0.483 e. The molecule has 0 spiro atoms. The van der Waals surface area contributed by atoms with Crippen molar-refractivity contribution in [2.75, 3.05) is 13.6 Å². The first-order valence-corrected chi connectivity index (χ1v) is 2.92. The van der Waals surface area contributed by atoms with Crippen LogP contribution in [0.25, 0.3) is 0 Å². The average Bonchev–Trinajstić information content (AvgIpc) is 1.91. The maximum absolute atomic E-state index is 8.36. The van der Waals surface area contributed by atoms with Crippen LogP contribution in [0.3, 0.4) is 0 Å². The standard InChI is InChI=1S/C6H9N.CH2O2/c1-7-5-3-2-4-6-7;2-1-3/h2-5H,6H2,1H3;1H,(H,2,3). The number of nitrogens with zero attached hydrogens (tertiary/aromatic N) is 1. The Morgan fingerprint density at radius 3 is 2.40 bits per heavy atom. The van der Waals surface area contributed by atoms with Crippen LogP contribution in [0.1, 0.15) is 0 Å². The lowest BCUT2D eigenvalue weighted by molar-refractivity contribution is -0.122. The summed E-state index contributed by atoms with van der Waals surface area (Å²) in [7, 11) is 2.06. The summed E-state index contributed by atoms with van der Waals surface area (Å²) in [6.07, 6.45) is 8.27. The molecule has 0 saturated heterocycles. The molecule has 0 aromatic rings. The summed E-state index contributed by atoms with van der Waals surface area (Å²) in [6.45, 7) is 0.802. The Labute approximate surface area is 60.3 Å². The van der Waals surface area contributed by atoms with E-state index in [1.54, 1.807) is 0 Å². The van der Waals surface area contributed by atoms with E-state index in [2.05, 4.69) is 30.3 Å². The first-order chi connectivity index (χ1) is 4.81. The third-order valence-corrected chi connectivity index (χ3v) is 0.981. The summed E-state index contributed by atoms with van der Waals surface area (Å²) < 4.78 is 0. The third-order valence-electron chi connectivity index (χ3n) is 0.981. The highest BCUT2D eigenvalue weighted by atomic mass is 16.3. The molecule has 3 nitrogen and oxygen atoms in total. The highest BCUT2D eigenvalue weighted by Gasteiger charge is 1.86. The molecule has 0 atom stereocenters. The highest BCUT2D eigenvalue weighted by molar-refractivity contribution is 5.32. The smallest absolute Gasteiger partial charge is 0.290 e. The quantitative estimate of drug-likeness (QED) is 0.505. The molecule has 0 aromatic carbocycles. The van der Waals surface area contributed by atoms with Crippen LogP contribution in [0, 0.1) is 0 Å². The van der Waals surface area contributed by atoms with Gasteiger partial charge in [0.15, 0.2) is 0 Å². The van der Waals surface area contributed by atoms with Crippen LogP contribution >= 0.6 is 0 Å². The van der Waals surface area contributed by atoms with Crippen molar-refractivity contribution < 1.29 is 9.90 Å². The molecule has 1 heterocycles. The molecule has 0 saturated carbocycles. The Morgan fingerprint density at radius 2 is 2.20 bits per heavy atom. The van der Waals surface area contributed by atoms with Crippen molar-refractivity contribution >= 4 is 6.47 Å². The van der Waals surface area contributed by atoms with Gasteiger partial charge in [-0.15, -0.1) is 0 Å². The Bertz CT molecular complexity index is 141. The molecule has 0 amide bonds. The van der Waals surface area contributed by atoms with E-state index in [9.17, 15) is 0 Å². The van der Waals surface area contributed by atoms with Crippen molar-refractivity contribution in [3.8, 4) is 0 Å². The fourth-order valence-electron chi connectivity index (χ4n) is 0.563. The first kappa shape index (κ1) is 8.75. The second kappa shape index (κ2) is 5.88. The molecule has 0 fully saturated rings. The maximum atomic E-state index is 8.36. The van der Waals surface area contributed by atoms with Gasteiger partial charge >= 0.3 is 0 Å². The van der Waals surface area contributed by atoms with Crippen molar-refractivity contribution in [3.05, 3.63) is 24.4 Å². The van der Waals surface area contributed by atoms with Gasteiger partial charge in [0.05, 0.1) is 0 Å². The number of likely N-dealkylation sites (N-methyl/N-ethyl adjacent to an activating group) is 1. The summed E-state index contributed by atoms with van der Waals surface area (Å²) in [5, 5.41) is 6.89. The lowest BCUT2D eigenvalue weighted by Gasteiger charge is -2.11. The van der Waals surface area contributed by atoms with Crippen LogP contribution in [-0.2, 0) is 4.79 Å². The van der Waals surface area contributed by atoms with Crippen molar-refractivity contribution in [1.82, 2.24) is 4.90 Å². The van der Waals surface area contributed by atoms with Crippen LogP contribution in [-0.4, -0.2) is 30.1 Å². The van der Waals surface area contributed by atoms with Crippen LogP contribution in [0.15, 0.2) is 24.4 Å². The fraction of sp³-hybridized carbons (Fsp3) is 0.286. The van der Waals surface area contributed by atoms with Crippen LogP contribution < -0.4 is 0 Å². The summed E-state index contributed by atoms with van der Waals surface area (Å²) in [4.78, 5) is 10.5. The van der Waals surface area contributed by atoms with Crippen molar-refractivity contribution in [3.63, 3.8) is 0 Å². The molecule has 3 heteroatoms. The monoisotopic (exact) mass is 141 g/mol. The zero-order valence-electron chi connectivity index (χ0n) is 5.90.